The highest BCUT2D eigenvalue weighted by Crippen LogP contribution is 2.31. The lowest BCUT2D eigenvalue weighted by atomic mass is 10.1. The summed E-state index contributed by atoms with van der Waals surface area (Å²) in [5, 5.41) is 0. The van der Waals surface area contributed by atoms with Crippen molar-refractivity contribution in [2.75, 3.05) is 31.1 Å². The van der Waals surface area contributed by atoms with Crippen LogP contribution in [0.1, 0.15) is 24.8 Å². The van der Waals surface area contributed by atoms with Gasteiger partial charge in [-0.3, -0.25) is 4.79 Å². The number of hydrogen-bond donors (Lipinski definition) is 0. The first kappa shape index (κ1) is 16.9. The van der Waals surface area contributed by atoms with Gasteiger partial charge in [-0.2, -0.15) is 0 Å². The Balaban J connectivity index is 1.55. The highest BCUT2D eigenvalue weighted by atomic mass is 19.1. The van der Waals surface area contributed by atoms with E-state index in [-0.39, 0.29) is 11.7 Å². The second kappa shape index (κ2) is 7.02. The molecule has 1 saturated heterocycles. The van der Waals surface area contributed by atoms with Crippen molar-refractivity contribution in [3.05, 3.63) is 41.8 Å². The molecule has 0 atom stereocenters. The molecule has 0 unspecified atom stereocenters. The predicted octanol–water partition coefficient (Wildman–Crippen LogP) is 3.04. The third-order valence-corrected chi connectivity index (χ3v) is 5.10. The van der Waals surface area contributed by atoms with Crippen LogP contribution < -0.4 is 4.90 Å². The van der Waals surface area contributed by atoms with Gasteiger partial charge in [0.1, 0.15) is 5.82 Å². The molecule has 6 heteroatoms. The lowest BCUT2D eigenvalue weighted by Crippen LogP contribution is -2.36. The van der Waals surface area contributed by atoms with E-state index in [0.29, 0.717) is 36.2 Å². The van der Waals surface area contributed by atoms with E-state index in [2.05, 4.69) is 14.9 Å². The predicted molar refractivity (Wildman–Crippen MR) is 98.3 cm³/mol. The molecular weight excluding hydrogens is 331 g/mol. The van der Waals surface area contributed by atoms with E-state index in [9.17, 15) is 9.18 Å². The summed E-state index contributed by atoms with van der Waals surface area (Å²) in [6.45, 7) is 4.88. The Bertz CT molecular complexity index is 821. The Morgan fingerprint density at radius 3 is 2.73 bits per heavy atom. The standard InChI is InChI=1S/C20H23FN4O/c1-14-13-22-20(23-18(14)16-5-2-3-6-17(16)21)25-10-4-9-24(11-12-25)19(26)15-7-8-15/h2-3,5-6,13,15H,4,7-12H2,1H3. The summed E-state index contributed by atoms with van der Waals surface area (Å²) in [4.78, 5) is 25.5. The summed E-state index contributed by atoms with van der Waals surface area (Å²) in [6.07, 6.45) is 4.71. The van der Waals surface area contributed by atoms with E-state index in [0.717, 1.165) is 37.9 Å². The number of carbonyl (C=O) groups excluding carboxylic acids is 1. The number of carbonyl (C=O) groups is 1. The van der Waals surface area contributed by atoms with Gasteiger partial charge in [-0.1, -0.05) is 12.1 Å². The average molecular weight is 354 g/mol. The quantitative estimate of drug-likeness (QED) is 0.850. The Hall–Kier alpha value is -2.50. The van der Waals surface area contributed by atoms with Crippen molar-refractivity contribution >= 4 is 11.9 Å². The zero-order valence-electron chi connectivity index (χ0n) is 15.0. The third kappa shape index (κ3) is 3.41. The van der Waals surface area contributed by atoms with Crippen LogP contribution in [-0.2, 0) is 4.79 Å². The van der Waals surface area contributed by atoms with Gasteiger partial charge in [-0.25, -0.2) is 14.4 Å². The van der Waals surface area contributed by atoms with Crippen LogP contribution in [0.2, 0.25) is 0 Å². The lowest BCUT2D eigenvalue weighted by Gasteiger charge is -2.22. The van der Waals surface area contributed by atoms with E-state index in [1.165, 1.54) is 6.07 Å². The molecule has 1 amide bonds. The number of aryl methyl sites for hydroxylation is 1. The fraction of sp³-hybridized carbons (Fsp3) is 0.450. The van der Waals surface area contributed by atoms with Crippen LogP contribution in [0.4, 0.5) is 10.3 Å². The van der Waals surface area contributed by atoms with Crippen LogP contribution in [0.3, 0.4) is 0 Å². The van der Waals surface area contributed by atoms with Crippen molar-refractivity contribution in [2.24, 2.45) is 5.92 Å². The van der Waals surface area contributed by atoms with Crippen molar-refractivity contribution in [3.63, 3.8) is 0 Å². The normalized spacial score (nSPS) is 17.9. The molecule has 2 aromatic rings. The summed E-state index contributed by atoms with van der Waals surface area (Å²) in [6, 6.07) is 6.68. The van der Waals surface area contributed by atoms with Gasteiger partial charge >= 0.3 is 0 Å². The largest absolute Gasteiger partial charge is 0.341 e. The lowest BCUT2D eigenvalue weighted by molar-refractivity contribution is -0.132. The highest BCUT2D eigenvalue weighted by Gasteiger charge is 2.34. The minimum Gasteiger partial charge on any atom is -0.341 e. The monoisotopic (exact) mass is 354 g/mol. The molecule has 2 heterocycles. The van der Waals surface area contributed by atoms with Gasteiger partial charge < -0.3 is 9.80 Å². The van der Waals surface area contributed by atoms with Crippen LogP contribution in [0.15, 0.2) is 30.5 Å². The fourth-order valence-electron chi connectivity index (χ4n) is 3.44. The molecule has 2 aliphatic rings. The number of amides is 1. The summed E-state index contributed by atoms with van der Waals surface area (Å²) >= 11 is 0. The zero-order chi connectivity index (χ0) is 18.1. The molecule has 1 aliphatic carbocycles. The molecule has 26 heavy (non-hydrogen) atoms. The maximum atomic E-state index is 14.2. The van der Waals surface area contributed by atoms with E-state index in [1.807, 2.05) is 17.9 Å². The van der Waals surface area contributed by atoms with Crippen molar-refractivity contribution in [1.29, 1.82) is 0 Å². The van der Waals surface area contributed by atoms with Gasteiger partial charge in [0.05, 0.1) is 5.69 Å². The summed E-state index contributed by atoms with van der Waals surface area (Å²) in [5.41, 5.74) is 1.97. The van der Waals surface area contributed by atoms with Gasteiger partial charge in [-0.05, 0) is 43.9 Å². The van der Waals surface area contributed by atoms with Gasteiger partial charge in [0.15, 0.2) is 0 Å². The Morgan fingerprint density at radius 1 is 1.15 bits per heavy atom. The summed E-state index contributed by atoms with van der Waals surface area (Å²) < 4.78 is 14.2. The number of hydrogen-bond acceptors (Lipinski definition) is 4. The van der Waals surface area contributed by atoms with Crippen molar-refractivity contribution in [3.8, 4) is 11.3 Å². The molecule has 4 rings (SSSR count). The van der Waals surface area contributed by atoms with E-state index >= 15 is 0 Å². The molecule has 136 valence electrons. The SMILES string of the molecule is Cc1cnc(N2CCCN(C(=O)C3CC3)CC2)nc1-c1ccccc1F. The molecule has 0 radical (unpaired) electrons. The second-order valence-corrected chi connectivity index (χ2v) is 7.12. The van der Waals surface area contributed by atoms with Crippen LogP contribution in [0.25, 0.3) is 11.3 Å². The summed E-state index contributed by atoms with van der Waals surface area (Å²) in [7, 11) is 0. The van der Waals surface area contributed by atoms with Gasteiger partial charge in [0, 0.05) is 43.9 Å². The number of anilines is 1. The smallest absolute Gasteiger partial charge is 0.225 e. The van der Waals surface area contributed by atoms with E-state index < -0.39 is 0 Å². The molecular formula is C20H23FN4O. The molecule has 0 bridgehead atoms. The van der Waals surface area contributed by atoms with E-state index in [4.69, 9.17) is 0 Å². The molecule has 1 saturated carbocycles. The first-order chi connectivity index (χ1) is 12.6. The minimum atomic E-state index is -0.280. The Labute approximate surface area is 152 Å². The molecule has 5 nitrogen and oxygen atoms in total. The number of rotatable bonds is 3. The van der Waals surface area contributed by atoms with Gasteiger partial charge in [0.2, 0.25) is 11.9 Å². The number of aromatic nitrogens is 2. The Morgan fingerprint density at radius 2 is 1.96 bits per heavy atom. The molecule has 2 fully saturated rings. The molecule has 1 aromatic carbocycles. The zero-order valence-corrected chi connectivity index (χ0v) is 15.0. The van der Waals surface area contributed by atoms with Crippen LogP contribution in [0.5, 0.6) is 0 Å². The summed E-state index contributed by atoms with van der Waals surface area (Å²) in [5.74, 6) is 0.875. The van der Waals surface area contributed by atoms with Gasteiger partial charge in [0.25, 0.3) is 0 Å². The van der Waals surface area contributed by atoms with Crippen molar-refractivity contribution < 1.29 is 9.18 Å². The minimum absolute atomic E-state index is 0.254. The van der Waals surface area contributed by atoms with Crippen LogP contribution in [0, 0.1) is 18.7 Å². The topological polar surface area (TPSA) is 49.3 Å². The van der Waals surface area contributed by atoms with Crippen molar-refractivity contribution in [1.82, 2.24) is 14.9 Å². The fourth-order valence-corrected chi connectivity index (χ4v) is 3.44. The number of nitrogens with zero attached hydrogens (tertiary/aromatic N) is 4. The first-order valence-electron chi connectivity index (χ1n) is 9.26. The van der Waals surface area contributed by atoms with Crippen molar-refractivity contribution in [2.45, 2.75) is 26.2 Å². The number of halogens is 1. The highest BCUT2D eigenvalue weighted by molar-refractivity contribution is 5.81. The Kier molecular flexibility index (Phi) is 4.57. The molecule has 1 aliphatic heterocycles. The molecule has 1 aromatic heterocycles. The first-order valence-corrected chi connectivity index (χ1v) is 9.26. The van der Waals surface area contributed by atoms with Crippen LogP contribution >= 0.6 is 0 Å². The average Bonchev–Trinajstić information content (AvgIpc) is 3.49. The van der Waals surface area contributed by atoms with E-state index in [1.54, 1.807) is 18.3 Å². The maximum absolute atomic E-state index is 14.2. The molecule has 0 N–H and O–H groups in total. The number of benzene rings is 1. The maximum Gasteiger partial charge on any atom is 0.225 e. The molecule has 0 spiro atoms. The second-order valence-electron chi connectivity index (χ2n) is 7.12. The van der Waals surface area contributed by atoms with Crippen LogP contribution in [-0.4, -0.2) is 47.0 Å². The van der Waals surface area contributed by atoms with Gasteiger partial charge in [-0.15, -0.1) is 0 Å². The third-order valence-electron chi connectivity index (χ3n) is 5.10.